The highest BCUT2D eigenvalue weighted by Crippen LogP contribution is 2.44. The van der Waals surface area contributed by atoms with Crippen molar-refractivity contribution in [1.29, 1.82) is 0 Å². The van der Waals surface area contributed by atoms with Gasteiger partial charge in [0.2, 0.25) is 0 Å². The number of aliphatic hydroxyl groups is 1. The molecule has 3 rings (SSSR count). The Bertz CT molecular complexity index is 629. The molecule has 3 N–H and O–H groups in total. The molecule has 1 aromatic carbocycles. The number of guanidine groups is 1. The van der Waals surface area contributed by atoms with Crippen LogP contribution in [0.3, 0.4) is 0 Å². The molecule has 27 heavy (non-hydrogen) atoms. The fourth-order valence-corrected chi connectivity index (χ4v) is 3.03. The van der Waals surface area contributed by atoms with Gasteiger partial charge in [0, 0.05) is 30.5 Å². The molecule has 1 aliphatic heterocycles. The summed E-state index contributed by atoms with van der Waals surface area (Å²) < 4.78 is 11.6. The first-order valence-electron chi connectivity index (χ1n) is 9.61. The van der Waals surface area contributed by atoms with Crippen LogP contribution in [0.2, 0.25) is 0 Å². The molecule has 1 heterocycles. The lowest BCUT2D eigenvalue weighted by Crippen LogP contribution is -2.41. The molecule has 0 bridgehead atoms. The third-order valence-electron chi connectivity index (χ3n) is 5.08. The zero-order valence-corrected chi connectivity index (χ0v) is 18.6. The molecule has 1 saturated carbocycles. The number of nitrogens with zero attached hydrogens (tertiary/aromatic N) is 1. The van der Waals surface area contributed by atoms with Crippen molar-refractivity contribution in [1.82, 2.24) is 10.6 Å². The molecular weight excluding hydrogens is 457 g/mol. The van der Waals surface area contributed by atoms with Gasteiger partial charge in [-0.15, -0.1) is 24.0 Å². The number of hydrogen-bond donors (Lipinski definition) is 3. The second-order valence-electron chi connectivity index (χ2n) is 7.42. The van der Waals surface area contributed by atoms with Crippen molar-refractivity contribution in [3.8, 4) is 5.75 Å². The van der Waals surface area contributed by atoms with E-state index in [4.69, 9.17) is 14.5 Å². The van der Waals surface area contributed by atoms with Gasteiger partial charge >= 0.3 is 0 Å². The number of aliphatic imine (C=N–C) groups is 1. The first-order valence-corrected chi connectivity index (χ1v) is 9.61. The van der Waals surface area contributed by atoms with Crippen LogP contribution in [-0.2, 0) is 11.3 Å². The number of benzene rings is 1. The van der Waals surface area contributed by atoms with E-state index in [9.17, 15) is 5.11 Å². The Morgan fingerprint density at radius 1 is 1.37 bits per heavy atom. The monoisotopic (exact) mass is 489 g/mol. The molecule has 1 atom stereocenters. The molecule has 1 unspecified atom stereocenters. The number of ether oxygens (including phenoxy) is 2. The predicted octanol–water partition coefficient (Wildman–Crippen LogP) is 2.61. The topological polar surface area (TPSA) is 75.1 Å². The van der Waals surface area contributed by atoms with Gasteiger partial charge in [0.25, 0.3) is 0 Å². The molecule has 0 spiro atoms. The SMILES string of the molecule is CCNC(=NCc1ccc(C)cc1OC1CCOC1)NCC1(CO)CC1.I. The van der Waals surface area contributed by atoms with Gasteiger partial charge in [-0.1, -0.05) is 12.1 Å². The van der Waals surface area contributed by atoms with Crippen LogP contribution in [0.15, 0.2) is 23.2 Å². The van der Waals surface area contributed by atoms with Crippen molar-refractivity contribution in [3.05, 3.63) is 29.3 Å². The summed E-state index contributed by atoms with van der Waals surface area (Å²) in [6, 6.07) is 6.26. The van der Waals surface area contributed by atoms with E-state index in [2.05, 4.69) is 42.7 Å². The van der Waals surface area contributed by atoms with Gasteiger partial charge in [0.05, 0.1) is 26.4 Å². The van der Waals surface area contributed by atoms with Gasteiger partial charge < -0.3 is 25.2 Å². The molecule has 2 fully saturated rings. The van der Waals surface area contributed by atoms with Gasteiger partial charge in [-0.3, -0.25) is 0 Å². The van der Waals surface area contributed by atoms with E-state index >= 15 is 0 Å². The maximum absolute atomic E-state index is 9.48. The van der Waals surface area contributed by atoms with E-state index in [1.807, 2.05) is 0 Å². The summed E-state index contributed by atoms with van der Waals surface area (Å²) in [7, 11) is 0. The number of aliphatic hydroxyl groups excluding tert-OH is 1. The summed E-state index contributed by atoms with van der Waals surface area (Å²) >= 11 is 0. The van der Waals surface area contributed by atoms with E-state index in [-0.39, 0.29) is 42.1 Å². The Hall–Kier alpha value is -1.06. The number of hydrogen-bond acceptors (Lipinski definition) is 4. The molecule has 0 radical (unpaired) electrons. The van der Waals surface area contributed by atoms with Crippen molar-refractivity contribution in [2.45, 2.75) is 45.8 Å². The molecule has 1 aliphatic carbocycles. The lowest BCUT2D eigenvalue weighted by Gasteiger charge is -2.18. The van der Waals surface area contributed by atoms with E-state index in [0.29, 0.717) is 13.2 Å². The van der Waals surface area contributed by atoms with E-state index in [1.54, 1.807) is 0 Å². The highest BCUT2D eigenvalue weighted by Gasteiger charge is 2.41. The average molecular weight is 489 g/mol. The Labute approximate surface area is 179 Å². The van der Waals surface area contributed by atoms with Crippen LogP contribution in [0.1, 0.15) is 37.3 Å². The normalized spacial score (nSPS) is 20.7. The number of rotatable bonds is 8. The Morgan fingerprint density at radius 2 is 2.19 bits per heavy atom. The quantitative estimate of drug-likeness (QED) is 0.298. The van der Waals surface area contributed by atoms with Crippen LogP contribution < -0.4 is 15.4 Å². The van der Waals surface area contributed by atoms with Gasteiger partial charge in [-0.2, -0.15) is 0 Å². The highest BCUT2D eigenvalue weighted by atomic mass is 127. The van der Waals surface area contributed by atoms with Crippen LogP contribution in [0.25, 0.3) is 0 Å². The maximum Gasteiger partial charge on any atom is 0.191 e. The second-order valence-corrected chi connectivity index (χ2v) is 7.42. The van der Waals surface area contributed by atoms with Gasteiger partial charge in [0.15, 0.2) is 5.96 Å². The predicted molar refractivity (Wildman–Crippen MR) is 118 cm³/mol. The fraction of sp³-hybridized carbons (Fsp3) is 0.650. The van der Waals surface area contributed by atoms with E-state index in [1.165, 1.54) is 5.56 Å². The van der Waals surface area contributed by atoms with Crippen molar-refractivity contribution in [3.63, 3.8) is 0 Å². The largest absolute Gasteiger partial charge is 0.488 e. The van der Waals surface area contributed by atoms with Gasteiger partial charge in [-0.05, 0) is 38.3 Å². The molecule has 152 valence electrons. The minimum absolute atomic E-state index is 0. The maximum atomic E-state index is 9.48. The Morgan fingerprint density at radius 3 is 2.81 bits per heavy atom. The second kappa shape index (κ2) is 10.5. The highest BCUT2D eigenvalue weighted by molar-refractivity contribution is 14.0. The first-order chi connectivity index (χ1) is 12.6. The third-order valence-corrected chi connectivity index (χ3v) is 5.08. The van der Waals surface area contributed by atoms with Crippen molar-refractivity contribution >= 4 is 29.9 Å². The van der Waals surface area contributed by atoms with E-state index in [0.717, 1.165) is 56.2 Å². The van der Waals surface area contributed by atoms with E-state index < -0.39 is 0 Å². The van der Waals surface area contributed by atoms with Crippen LogP contribution >= 0.6 is 24.0 Å². The molecule has 1 saturated heterocycles. The minimum Gasteiger partial charge on any atom is -0.488 e. The summed E-state index contributed by atoms with van der Waals surface area (Å²) in [6.45, 7) is 7.89. The Kier molecular flexibility index (Phi) is 8.62. The third kappa shape index (κ3) is 6.50. The zero-order valence-electron chi connectivity index (χ0n) is 16.3. The molecule has 0 aromatic heterocycles. The standard InChI is InChI=1S/C20H31N3O3.HI/c1-3-21-19(23-13-20(14-24)7-8-20)22-11-16-5-4-15(2)10-18(16)26-17-6-9-25-12-17;/h4-5,10,17,24H,3,6-9,11-14H2,1-2H3,(H2,21,22,23);1H. The lowest BCUT2D eigenvalue weighted by molar-refractivity contribution is 0.140. The summed E-state index contributed by atoms with van der Waals surface area (Å²) in [6.07, 6.45) is 3.22. The van der Waals surface area contributed by atoms with Gasteiger partial charge in [0.1, 0.15) is 11.9 Å². The van der Waals surface area contributed by atoms with Crippen molar-refractivity contribution < 1.29 is 14.6 Å². The summed E-state index contributed by atoms with van der Waals surface area (Å²) in [5.74, 6) is 1.68. The first kappa shape index (κ1) is 22.2. The number of nitrogens with one attached hydrogen (secondary N) is 2. The molecule has 0 amide bonds. The smallest absolute Gasteiger partial charge is 0.191 e. The molecule has 2 aliphatic rings. The Balaban J connectivity index is 0.00000261. The lowest BCUT2D eigenvalue weighted by atomic mass is 10.1. The van der Waals surface area contributed by atoms with Crippen LogP contribution in [0, 0.1) is 12.3 Å². The minimum atomic E-state index is 0. The van der Waals surface area contributed by atoms with Crippen LogP contribution in [-0.4, -0.2) is 50.1 Å². The summed E-state index contributed by atoms with van der Waals surface area (Å²) in [5.41, 5.74) is 2.30. The van der Waals surface area contributed by atoms with Crippen LogP contribution in [0.4, 0.5) is 0 Å². The van der Waals surface area contributed by atoms with Crippen molar-refractivity contribution in [2.24, 2.45) is 10.4 Å². The molecular formula is C20H32IN3O3. The number of aryl methyl sites for hydroxylation is 1. The van der Waals surface area contributed by atoms with Crippen LogP contribution in [0.5, 0.6) is 5.75 Å². The zero-order chi connectivity index (χ0) is 18.4. The fourth-order valence-electron chi connectivity index (χ4n) is 3.03. The average Bonchev–Trinajstić information content (AvgIpc) is 3.25. The molecule has 7 heteroatoms. The molecule has 6 nitrogen and oxygen atoms in total. The number of halogens is 1. The summed E-state index contributed by atoms with van der Waals surface area (Å²) in [4.78, 5) is 4.72. The van der Waals surface area contributed by atoms with Crippen molar-refractivity contribution in [2.75, 3.05) is 32.9 Å². The summed E-state index contributed by atoms with van der Waals surface area (Å²) in [5, 5.41) is 16.1. The molecule has 1 aromatic rings. The van der Waals surface area contributed by atoms with Gasteiger partial charge in [-0.25, -0.2) is 4.99 Å².